The van der Waals surface area contributed by atoms with Crippen molar-refractivity contribution in [2.75, 3.05) is 6.61 Å². The van der Waals surface area contributed by atoms with Gasteiger partial charge in [-0.15, -0.1) is 0 Å². The van der Waals surface area contributed by atoms with Crippen LogP contribution in [0.3, 0.4) is 0 Å². The molecule has 2 aliphatic heterocycles. The second-order valence-electron chi connectivity index (χ2n) is 2.96. The molecule has 2 rings (SSSR count). The van der Waals surface area contributed by atoms with E-state index < -0.39 is 0 Å². The van der Waals surface area contributed by atoms with E-state index in [9.17, 15) is 4.79 Å². The first-order valence-electron chi connectivity index (χ1n) is 3.58. The van der Waals surface area contributed by atoms with E-state index in [0.717, 1.165) is 0 Å². The lowest BCUT2D eigenvalue weighted by atomic mass is 10.0. The van der Waals surface area contributed by atoms with Gasteiger partial charge in [-0.2, -0.15) is 0 Å². The molecule has 0 radical (unpaired) electrons. The second kappa shape index (κ2) is 1.95. The zero-order valence-electron chi connectivity index (χ0n) is 5.87. The van der Waals surface area contributed by atoms with E-state index in [4.69, 9.17) is 9.47 Å². The van der Waals surface area contributed by atoms with Crippen molar-refractivity contribution in [3.63, 3.8) is 0 Å². The van der Waals surface area contributed by atoms with Crippen molar-refractivity contribution in [1.29, 1.82) is 0 Å². The molecule has 2 saturated heterocycles. The average Bonchev–Trinajstić information content (AvgIpc) is 2.35. The molecule has 10 heavy (non-hydrogen) atoms. The SMILES string of the molecule is C[C@@H]1OC[C@H]2CC(=O)O[C@H]21. The number of hydrogen-bond acceptors (Lipinski definition) is 3. The molecule has 3 nitrogen and oxygen atoms in total. The fourth-order valence-electron chi connectivity index (χ4n) is 1.63. The molecule has 0 spiro atoms. The molecule has 56 valence electrons. The van der Waals surface area contributed by atoms with Crippen LogP contribution in [-0.2, 0) is 14.3 Å². The maximum absolute atomic E-state index is 10.7. The summed E-state index contributed by atoms with van der Waals surface area (Å²) >= 11 is 0. The van der Waals surface area contributed by atoms with Gasteiger partial charge >= 0.3 is 5.97 Å². The van der Waals surface area contributed by atoms with Gasteiger partial charge in [0.05, 0.1) is 19.1 Å². The van der Waals surface area contributed by atoms with Gasteiger partial charge < -0.3 is 9.47 Å². The Kier molecular flexibility index (Phi) is 1.20. The Balaban J connectivity index is 2.12. The number of hydrogen-bond donors (Lipinski definition) is 0. The summed E-state index contributed by atoms with van der Waals surface area (Å²) in [5, 5.41) is 0. The summed E-state index contributed by atoms with van der Waals surface area (Å²) < 4.78 is 10.3. The third kappa shape index (κ3) is 0.736. The fourth-order valence-corrected chi connectivity index (χ4v) is 1.63. The number of esters is 1. The summed E-state index contributed by atoms with van der Waals surface area (Å²) in [6.07, 6.45) is 0.707. The molecular formula is C7H10O3. The van der Waals surface area contributed by atoms with E-state index in [2.05, 4.69) is 0 Å². The van der Waals surface area contributed by atoms with Gasteiger partial charge in [0.25, 0.3) is 0 Å². The lowest BCUT2D eigenvalue weighted by molar-refractivity contribution is -0.144. The smallest absolute Gasteiger partial charge is 0.306 e. The van der Waals surface area contributed by atoms with Crippen molar-refractivity contribution in [3.8, 4) is 0 Å². The van der Waals surface area contributed by atoms with Crippen molar-refractivity contribution in [2.24, 2.45) is 5.92 Å². The minimum absolute atomic E-state index is 0.0486. The van der Waals surface area contributed by atoms with E-state index in [-0.39, 0.29) is 18.2 Å². The van der Waals surface area contributed by atoms with Crippen LogP contribution in [0.4, 0.5) is 0 Å². The first-order chi connectivity index (χ1) is 4.77. The highest BCUT2D eigenvalue weighted by Crippen LogP contribution is 2.31. The van der Waals surface area contributed by atoms with Crippen LogP contribution < -0.4 is 0 Å². The van der Waals surface area contributed by atoms with Crippen molar-refractivity contribution in [2.45, 2.75) is 25.6 Å². The summed E-state index contributed by atoms with van der Waals surface area (Å²) in [6.45, 7) is 2.64. The lowest BCUT2D eigenvalue weighted by Crippen LogP contribution is -2.21. The van der Waals surface area contributed by atoms with E-state index in [0.29, 0.717) is 18.9 Å². The van der Waals surface area contributed by atoms with Gasteiger partial charge in [0.2, 0.25) is 0 Å². The molecule has 2 heterocycles. The first-order valence-corrected chi connectivity index (χ1v) is 3.58. The van der Waals surface area contributed by atoms with Crippen LogP contribution in [0, 0.1) is 5.92 Å². The monoisotopic (exact) mass is 142 g/mol. The Morgan fingerprint density at radius 2 is 2.40 bits per heavy atom. The Labute approximate surface area is 59.3 Å². The molecule has 3 heteroatoms. The van der Waals surface area contributed by atoms with Gasteiger partial charge in [-0.3, -0.25) is 4.79 Å². The molecule has 0 saturated carbocycles. The lowest BCUT2D eigenvalue weighted by Gasteiger charge is -2.09. The van der Waals surface area contributed by atoms with Gasteiger partial charge in [-0.1, -0.05) is 0 Å². The highest BCUT2D eigenvalue weighted by Gasteiger charge is 2.43. The molecule has 0 aliphatic carbocycles. The van der Waals surface area contributed by atoms with Crippen LogP contribution in [0.15, 0.2) is 0 Å². The van der Waals surface area contributed by atoms with E-state index in [1.807, 2.05) is 6.92 Å². The topological polar surface area (TPSA) is 35.5 Å². The maximum Gasteiger partial charge on any atom is 0.306 e. The quantitative estimate of drug-likeness (QED) is 0.457. The van der Waals surface area contributed by atoms with E-state index in [1.165, 1.54) is 0 Å². The van der Waals surface area contributed by atoms with Crippen LogP contribution in [0.25, 0.3) is 0 Å². The average molecular weight is 142 g/mol. The third-order valence-corrected chi connectivity index (χ3v) is 2.20. The molecule has 2 fully saturated rings. The summed E-state index contributed by atoms with van der Waals surface area (Å²) in [4.78, 5) is 10.7. The van der Waals surface area contributed by atoms with E-state index >= 15 is 0 Å². The fraction of sp³-hybridized carbons (Fsp3) is 0.857. The van der Waals surface area contributed by atoms with Crippen molar-refractivity contribution >= 4 is 5.97 Å². The van der Waals surface area contributed by atoms with Crippen LogP contribution in [0.2, 0.25) is 0 Å². The Morgan fingerprint density at radius 1 is 1.60 bits per heavy atom. The number of ether oxygens (including phenoxy) is 2. The largest absolute Gasteiger partial charge is 0.459 e. The van der Waals surface area contributed by atoms with Gasteiger partial charge in [-0.05, 0) is 6.92 Å². The molecular weight excluding hydrogens is 132 g/mol. The summed E-state index contributed by atoms with van der Waals surface area (Å²) in [5.74, 6) is 0.271. The van der Waals surface area contributed by atoms with Crippen molar-refractivity contribution in [1.82, 2.24) is 0 Å². The third-order valence-electron chi connectivity index (χ3n) is 2.20. The normalized spacial score (nSPS) is 45.3. The second-order valence-corrected chi connectivity index (χ2v) is 2.96. The van der Waals surface area contributed by atoms with Gasteiger partial charge in [0, 0.05) is 5.92 Å². The first kappa shape index (κ1) is 6.16. The van der Waals surface area contributed by atoms with Crippen LogP contribution in [0.1, 0.15) is 13.3 Å². The number of carbonyl (C=O) groups excluding carboxylic acids is 1. The van der Waals surface area contributed by atoms with Gasteiger partial charge in [-0.25, -0.2) is 0 Å². The van der Waals surface area contributed by atoms with Crippen LogP contribution >= 0.6 is 0 Å². The zero-order chi connectivity index (χ0) is 7.14. The summed E-state index contributed by atoms with van der Waals surface area (Å²) in [7, 11) is 0. The molecule has 0 aromatic heterocycles. The van der Waals surface area contributed by atoms with E-state index in [1.54, 1.807) is 0 Å². The molecule has 0 aromatic carbocycles. The van der Waals surface area contributed by atoms with Crippen LogP contribution in [-0.4, -0.2) is 24.8 Å². The van der Waals surface area contributed by atoms with Crippen LogP contribution in [0.5, 0.6) is 0 Å². The molecule has 0 amide bonds. The number of rotatable bonds is 0. The van der Waals surface area contributed by atoms with Gasteiger partial charge in [0.1, 0.15) is 6.10 Å². The summed E-state index contributed by atoms with van der Waals surface area (Å²) in [5.41, 5.74) is 0. The Bertz CT molecular complexity index is 166. The molecule has 3 atom stereocenters. The number of carbonyl (C=O) groups is 1. The minimum Gasteiger partial charge on any atom is -0.459 e. The molecule has 0 aromatic rings. The maximum atomic E-state index is 10.7. The molecule has 0 N–H and O–H groups in total. The zero-order valence-corrected chi connectivity index (χ0v) is 5.87. The highest BCUT2D eigenvalue weighted by atomic mass is 16.6. The molecule has 0 unspecified atom stereocenters. The Morgan fingerprint density at radius 3 is 3.10 bits per heavy atom. The standard InChI is InChI=1S/C7H10O3/c1-4-7-5(3-9-4)2-6(8)10-7/h4-5,7H,2-3H2,1H3/t4-,5+,7-/m0/s1. The Hall–Kier alpha value is -0.570. The van der Waals surface area contributed by atoms with Crippen molar-refractivity contribution in [3.05, 3.63) is 0 Å². The van der Waals surface area contributed by atoms with Crippen molar-refractivity contribution < 1.29 is 14.3 Å². The summed E-state index contributed by atoms with van der Waals surface area (Å²) in [6, 6.07) is 0. The minimum atomic E-state index is -0.0647. The number of fused-ring (bicyclic) bond motifs is 1. The van der Waals surface area contributed by atoms with Gasteiger partial charge in [0.15, 0.2) is 0 Å². The highest BCUT2D eigenvalue weighted by molar-refractivity contribution is 5.72. The predicted octanol–water partition coefficient (Wildman–Crippen LogP) is 0.337. The molecule has 2 aliphatic rings. The predicted molar refractivity (Wildman–Crippen MR) is 33.4 cm³/mol. The molecule has 0 bridgehead atoms.